The molecule has 2 aromatic carbocycles. The van der Waals surface area contributed by atoms with E-state index in [4.69, 9.17) is 19.2 Å². The van der Waals surface area contributed by atoms with Crippen LogP contribution in [0, 0.1) is 0 Å². The summed E-state index contributed by atoms with van der Waals surface area (Å²) in [5.41, 5.74) is 1.52. The Morgan fingerprint density at radius 1 is 1.23 bits per heavy atom. The van der Waals surface area contributed by atoms with Gasteiger partial charge in [-0.25, -0.2) is 9.59 Å². The molecule has 1 heterocycles. The highest BCUT2D eigenvalue weighted by Gasteiger charge is 2.37. The Kier molecular flexibility index (Phi) is 7.14. The average Bonchev–Trinajstić information content (AvgIpc) is 2.73. The van der Waals surface area contributed by atoms with Gasteiger partial charge in [0.25, 0.3) is 0 Å². The van der Waals surface area contributed by atoms with Gasteiger partial charge in [-0.05, 0) is 42.7 Å². The molecule has 162 valence electrons. The van der Waals surface area contributed by atoms with E-state index in [1.165, 1.54) is 0 Å². The Morgan fingerprint density at radius 3 is 2.74 bits per heavy atom. The minimum atomic E-state index is -1.34. The van der Waals surface area contributed by atoms with Crippen LogP contribution in [0.25, 0.3) is 0 Å². The second kappa shape index (κ2) is 9.99. The lowest BCUT2D eigenvalue weighted by Gasteiger charge is -2.29. The van der Waals surface area contributed by atoms with Gasteiger partial charge in [-0.15, -0.1) is 0 Å². The van der Waals surface area contributed by atoms with Crippen molar-refractivity contribution in [2.24, 2.45) is 0 Å². The Bertz CT molecular complexity index is 980. The minimum absolute atomic E-state index is 0.00319. The zero-order valence-electron chi connectivity index (χ0n) is 16.9. The van der Waals surface area contributed by atoms with Crippen LogP contribution in [-0.2, 0) is 27.2 Å². The fourth-order valence-corrected chi connectivity index (χ4v) is 3.25. The number of carbonyl (C=O) groups excluding carboxylic acids is 2. The average molecular weight is 427 g/mol. The number of benzene rings is 2. The highest BCUT2D eigenvalue weighted by atomic mass is 16.5. The van der Waals surface area contributed by atoms with Crippen LogP contribution in [0.15, 0.2) is 42.5 Å². The van der Waals surface area contributed by atoms with Crippen LogP contribution in [0.4, 0.5) is 0 Å². The Labute approximate surface area is 179 Å². The quantitative estimate of drug-likeness (QED) is 0.420. The lowest BCUT2D eigenvalue weighted by molar-refractivity contribution is -0.139. The number of esters is 1. The molecular formula is C21H22BNO8. The van der Waals surface area contributed by atoms with Crippen LogP contribution in [0.1, 0.15) is 28.4 Å². The molecule has 10 heteroatoms. The van der Waals surface area contributed by atoms with Crippen molar-refractivity contribution in [2.75, 3.05) is 13.2 Å². The number of carboxylic acids is 1. The van der Waals surface area contributed by atoms with E-state index in [1.54, 1.807) is 49.4 Å². The second-order valence-electron chi connectivity index (χ2n) is 6.91. The molecule has 0 radical (unpaired) electrons. The molecule has 3 rings (SSSR count). The lowest BCUT2D eigenvalue weighted by atomic mass is 9.72. The SMILES string of the molecule is CCOC(=O)c1cccc2c1OB(O)[C@@H](NC(=O)Cc1cccc(OCC(=O)O)c1)C2. The van der Waals surface area contributed by atoms with Crippen LogP contribution in [0.2, 0.25) is 0 Å². The fourth-order valence-electron chi connectivity index (χ4n) is 3.25. The molecule has 1 amide bonds. The second-order valence-corrected chi connectivity index (χ2v) is 6.91. The van der Waals surface area contributed by atoms with Gasteiger partial charge in [0.2, 0.25) is 5.91 Å². The Hall–Kier alpha value is -3.53. The van der Waals surface area contributed by atoms with E-state index in [0.29, 0.717) is 16.9 Å². The number of ether oxygens (including phenoxy) is 2. The standard InChI is InChI=1S/C21H22BNO8/c1-2-29-21(27)16-8-4-6-14-11-17(22(28)31-20(14)16)23-18(24)10-13-5-3-7-15(9-13)30-12-19(25)26/h3-9,17,28H,2,10-12H2,1H3,(H,23,24)(H,25,26)/t17-/m0/s1. The van der Waals surface area contributed by atoms with Crippen molar-refractivity contribution in [3.05, 3.63) is 59.2 Å². The van der Waals surface area contributed by atoms with Crippen molar-refractivity contribution in [2.45, 2.75) is 25.7 Å². The first-order valence-electron chi connectivity index (χ1n) is 9.74. The van der Waals surface area contributed by atoms with Crippen molar-refractivity contribution >= 4 is 25.0 Å². The lowest BCUT2D eigenvalue weighted by Crippen LogP contribution is -2.53. The van der Waals surface area contributed by atoms with Crippen molar-refractivity contribution in [3.63, 3.8) is 0 Å². The summed E-state index contributed by atoms with van der Waals surface area (Å²) >= 11 is 0. The minimum Gasteiger partial charge on any atom is -0.534 e. The third-order valence-corrected chi connectivity index (χ3v) is 4.59. The first-order chi connectivity index (χ1) is 14.9. The van der Waals surface area contributed by atoms with Gasteiger partial charge in [-0.2, -0.15) is 0 Å². The monoisotopic (exact) mass is 427 g/mol. The summed E-state index contributed by atoms with van der Waals surface area (Å²) < 4.78 is 15.7. The molecule has 1 aliphatic heterocycles. The third-order valence-electron chi connectivity index (χ3n) is 4.59. The van der Waals surface area contributed by atoms with E-state index in [1.807, 2.05) is 0 Å². The van der Waals surface area contributed by atoms with Gasteiger partial charge in [-0.1, -0.05) is 24.3 Å². The number of hydrogen-bond acceptors (Lipinski definition) is 7. The summed E-state index contributed by atoms with van der Waals surface area (Å²) in [5.74, 6) is -2.10. The zero-order valence-corrected chi connectivity index (χ0v) is 16.9. The summed E-state index contributed by atoms with van der Waals surface area (Å²) in [6, 6.07) is 11.5. The molecule has 9 nitrogen and oxygen atoms in total. The molecule has 0 aromatic heterocycles. The topological polar surface area (TPSA) is 131 Å². The highest BCUT2D eigenvalue weighted by molar-refractivity contribution is 6.47. The molecule has 3 N–H and O–H groups in total. The van der Waals surface area contributed by atoms with Crippen molar-refractivity contribution in [3.8, 4) is 11.5 Å². The first kappa shape index (κ1) is 22.2. The third kappa shape index (κ3) is 5.76. The maximum atomic E-state index is 12.5. The molecule has 0 unspecified atom stereocenters. The van der Waals surface area contributed by atoms with Gasteiger partial charge in [-0.3, -0.25) is 4.79 Å². The number of hydrogen-bond donors (Lipinski definition) is 3. The molecule has 31 heavy (non-hydrogen) atoms. The fraction of sp³-hybridized carbons (Fsp3) is 0.286. The van der Waals surface area contributed by atoms with E-state index >= 15 is 0 Å². The number of fused-ring (bicyclic) bond motifs is 1. The van der Waals surface area contributed by atoms with E-state index in [9.17, 15) is 19.4 Å². The van der Waals surface area contributed by atoms with Gasteiger partial charge in [0, 0.05) is 0 Å². The predicted molar refractivity (Wildman–Crippen MR) is 110 cm³/mol. The normalized spacial score (nSPS) is 14.8. The number of carboxylic acid groups (broad SMARTS) is 1. The van der Waals surface area contributed by atoms with E-state index in [0.717, 1.165) is 0 Å². The highest BCUT2D eigenvalue weighted by Crippen LogP contribution is 2.30. The van der Waals surface area contributed by atoms with Crippen molar-refractivity contribution in [1.29, 1.82) is 0 Å². The van der Waals surface area contributed by atoms with Crippen LogP contribution in [0.3, 0.4) is 0 Å². The van der Waals surface area contributed by atoms with Gasteiger partial charge >= 0.3 is 19.1 Å². The van der Waals surface area contributed by atoms with E-state index in [-0.39, 0.29) is 36.7 Å². The zero-order chi connectivity index (χ0) is 22.4. The number of carbonyl (C=O) groups is 3. The molecule has 1 atom stereocenters. The van der Waals surface area contributed by atoms with Gasteiger partial charge in [0.05, 0.1) is 19.0 Å². The van der Waals surface area contributed by atoms with Crippen LogP contribution >= 0.6 is 0 Å². The number of rotatable bonds is 8. The maximum Gasteiger partial charge on any atom is 0.547 e. The number of nitrogens with one attached hydrogen (secondary N) is 1. The maximum absolute atomic E-state index is 12.5. The van der Waals surface area contributed by atoms with Gasteiger partial charge < -0.3 is 29.6 Å². The summed E-state index contributed by atoms with van der Waals surface area (Å²) in [7, 11) is -1.34. The summed E-state index contributed by atoms with van der Waals surface area (Å²) in [6.45, 7) is 1.43. The van der Waals surface area contributed by atoms with Crippen molar-refractivity contribution < 1.29 is 38.6 Å². The van der Waals surface area contributed by atoms with E-state index in [2.05, 4.69) is 5.32 Å². The molecule has 0 aliphatic carbocycles. The molecule has 0 saturated carbocycles. The molecule has 0 fully saturated rings. The Balaban J connectivity index is 1.64. The summed E-state index contributed by atoms with van der Waals surface area (Å²) in [5, 5.41) is 21.8. The van der Waals surface area contributed by atoms with E-state index < -0.39 is 31.6 Å². The smallest absolute Gasteiger partial charge is 0.534 e. The van der Waals surface area contributed by atoms with Crippen LogP contribution in [-0.4, -0.2) is 54.2 Å². The van der Waals surface area contributed by atoms with Gasteiger partial charge in [0.1, 0.15) is 17.1 Å². The van der Waals surface area contributed by atoms with Gasteiger partial charge in [0.15, 0.2) is 6.61 Å². The molecule has 0 spiro atoms. The first-order valence-corrected chi connectivity index (χ1v) is 9.74. The molecule has 0 saturated heterocycles. The van der Waals surface area contributed by atoms with Crippen molar-refractivity contribution in [1.82, 2.24) is 5.32 Å². The predicted octanol–water partition coefficient (Wildman–Crippen LogP) is 1.01. The Morgan fingerprint density at radius 2 is 2.00 bits per heavy atom. The number of para-hydroxylation sites is 1. The van der Waals surface area contributed by atoms with Crippen LogP contribution < -0.4 is 14.7 Å². The molecule has 2 aromatic rings. The molecular weight excluding hydrogens is 405 g/mol. The number of amides is 1. The number of aliphatic carboxylic acids is 1. The largest absolute Gasteiger partial charge is 0.547 e. The summed E-state index contributed by atoms with van der Waals surface area (Å²) in [4.78, 5) is 35.2. The molecule has 0 bridgehead atoms. The summed E-state index contributed by atoms with van der Waals surface area (Å²) in [6.07, 6.45) is 0.278. The van der Waals surface area contributed by atoms with Crippen LogP contribution in [0.5, 0.6) is 11.5 Å². The molecule has 1 aliphatic rings.